The number of ether oxygens (including phenoxy) is 1. The molecule has 0 fully saturated rings. The zero-order valence-electron chi connectivity index (χ0n) is 16.0. The molecule has 3 rings (SSSR count). The van der Waals surface area contributed by atoms with Crippen molar-refractivity contribution in [2.75, 3.05) is 13.2 Å². The monoisotopic (exact) mass is 377 g/mol. The van der Waals surface area contributed by atoms with Crippen LogP contribution in [0.25, 0.3) is 17.0 Å². The van der Waals surface area contributed by atoms with Crippen molar-refractivity contribution in [1.29, 1.82) is 0 Å². The maximum Gasteiger partial charge on any atom is 0.258 e. The van der Waals surface area contributed by atoms with Crippen molar-refractivity contribution < 1.29 is 9.53 Å². The second-order valence-electron chi connectivity index (χ2n) is 6.19. The lowest BCUT2D eigenvalue weighted by atomic mass is 10.2. The minimum Gasteiger partial charge on any atom is -0.493 e. The number of carbonyl (C=O) groups excluding carboxylic acids is 1. The third-order valence-corrected chi connectivity index (χ3v) is 4.32. The zero-order chi connectivity index (χ0) is 19.9. The Morgan fingerprint density at radius 3 is 2.68 bits per heavy atom. The van der Waals surface area contributed by atoms with Crippen molar-refractivity contribution in [3.63, 3.8) is 0 Å². The molecule has 2 aromatic carbocycles. The second-order valence-corrected chi connectivity index (χ2v) is 6.19. The number of aromatic amines is 1. The van der Waals surface area contributed by atoms with Gasteiger partial charge in [0.15, 0.2) is 0 Å². The van der Waals surface area contributed by atoms with Crippen LogP contribution in [-0.4, -0.2) is 33.9 Å². The minimum absolute atomic E-state index is 0.162. The van der Waals surface area contributed by atoms with Gasteiger partial charge >= 0.3 is 0 Å². The predicted octanol–water partition coefficient (Wildman–Crippen LogP) is 3.38. The number of fused-ring (bicyclic) bond motifs is 1. The molecule has 1 amide bonds. The average Bonchev–Trinajstić information content (AvgIpc) is 2.71. The first-order chi connectivity index (χ1) is 13.6. The van der Waals surface area contributed by atoms with Gasteiger partial charge in [-0.05, 0) is 38.1 Å². The van der Waals surface area contributed by atoms with Gasteiger partial charge in [-0.15, -0.1) is 0 Å². The standard InChI is InChI=1S/C22H23N3O3/c1-3-25(15-20-23-18-11-7-6-10-17(18)22(27)24-20)21(26)14-13-16-9-5-8-12-19(16)28-4-2/h5-14H,3-4,15H2,1-2H3,(H,23,24,27). The molecular weight excluding hydrogens is 354 g/mol. The smallest absolute Gasteiger partial charge is 0.258 e. The summed E-state index contributed by atoms with van der Waals surface area (Å²) in [6.45, 7) is 5.08. The lowest BCUT2D eigenvalue weighted by molar-refractivity contribution is -0.126. The summed E-state index contributed by atoms with van der Waals surface area (Å²) in [5, 5.41) is 0.535. The van der Waals surface area contributed by atoms with E-state index in [2.05, 4.69) is 9.97 Å². The molecule has 0 aliphatic rings. The quantitative estimate of drug-likeness (QED) is 0.641. The maximum absolute atomic E-state index is 12.6. The summed E-state index contributed by atoms with van der Waals surface area (Å²) in [6.07, 6.45) is 3.26. The Morgan fingerprint density at radius 1 is 1.14 bits per heavy atom. The molecule has 3 aromatic rings. The van der Waals surface area contributed by atoms with E-state index in [9.17, 15) is 9.59 Å². The van der Waals surface area contributed by atoms with Crippen molar-refractivity contribution in [2.24, 2.45) is 0 Å². The van der Waals surface area contributed by atoms with Crippen molar-refractivity contribution in [2.45, 2.75) is 20.4 Å². The van der Waals surface area contributed by atoms with Crippen LogP contribution in [0.15, 0.2) is 59.4 Å². The first kappa shape index (κ1) is 19.4. The van der Waals surface area contributed by atoms with E-state index < -0.39 is 0 Å². The van der Waals surface area contributed by atoms with Gasteiger partial charge in [0, 0.05) is 18.2 Å². The Morgan fingerprint density at radius 2 is 1.89 bits per heavy atom. The van der Waals surface area contributed by atoms with Gasteiger partial charge in [-0.25, -0.2) is 4.98 Å². The number of para-hydroxylation sites is 2. The van der Waals surface area contributed by atoms with Crippen LogP contribution in [0.5, 0.6) is 5.75 Å². The molecule has 1 N–H and O–H groups in total. The van der Waals surface area contributed by atoms with E-state index in [1.165, 1.54) is 6.08 Å². The number of H-pyrrole nitrogens is 1. The van der Waals surface area contributed by atoms with Crippen molar-refractivity contribution in [3.05, 3.63) is 76.3 Å². The Labute approximate surface area is 163 Å². The molecule has 0 saturated heterocycles. The molecule has 0 spiro atoms. The highest BCUT2D eigenvalue weighted by molar-refractivity contribution is 5.92. The molecule has 6 heteroatoms. The molecule has 0 atom stereocenters. The molecule has 0 bridgehead atoms. The molecule has 0 aliphatic heterocycles. The summed E-state index contributed by atoms with van der Waals surface area (Å²) in [5.74, 6) is 1.03. The fourth-order valence-corrected chi connectivity index (χ4v) is 2.91. The third kappa shape index (κ3) is 4.46. The van der Waals surface area contributed by atoms with Gasteiger partial charge in [-0.2, -0.15) is 0 Å². The lowest BCUT2D eigenvalue weighted by Gasteiger charge is -2.18. The van der Waals surface area contributed by atoms with E-state index in [4.69, 9.17) is 4.74 Å². The number of hydrogen-bond acceptors (Lipinski definition) is 4. The van der Waals surface area contributed by atoms with Crippen LogP contribution in [0.1, 0.15) is 25.2 Å². The summed E-state index contributed by atoms with van der Waals surface area (Å²) >= 11 is 0. The Hall–Kier alpha value is -3.41. The fraction of sp³-hybridized carbons (Fsp3) is 0.227. The van der Waals surface area contributed by atoms with Crippen molar-refractivity contribution >= 4 is 22.9 Å². The number of hydrogen-bond donors (Lipinski definition) is 1. The molecular formula is C22H23N3O3. The molecule has 144 valence electrons. The summed E-state index contributed by atoms with van der Waals surface area (Å²) in [6, 6.07) is 14.7. The van der Waals surface area contributed by atoms with Crippen LogP contribution in [-0.2, 0) is 11.3 Å². The zero-order valence-corrected chi connectivity index (χ0v) is 16.0. The van der Waals surface area contributed by atoms with Crippen LogP contribution in [0, 0.1) is 0 Å². The summed E-state index contributed by atoms with van der Waals surface area (Å²) in [7, 11) is 0. The van der Waals surface area contributed by atoms with Gasteiger partial charge in [-0.1, -0.05) is 30.3 Å². The number of nitrogens with one attached hydrogen (secondary N) is 1. The van der Waals surface area contributed by atoms with E-state index in [1.54, 1.807) is 29.2 Å². The van der Waals surface area contributed by atoms with E-state index in [1.807, 2.05) is 44.2 Å². The van der Waals surface area contributed by atoms with Crippen LogP contribution in [0.4, 0.5) is 0 Å². The van der Waals surface area contributed by atoms with Gasteiger partial charge in [0.25, 0.3) is 5.56 Å². The molecule has 0 saturated carbocycles. The Balaban J connectivity index is 1.78. The van der Waals surface area contributed by atoms with Gasteiger partial charge in [0.2, 0.25) is 5.91 Å². The molecule has 0 unspecified atom stereocenters. The van der Waals surface area contributed by atoms with Crippen LogP contribution < -0.4 is 10.3 Å². The van der Waals surface area contributed by atoms with E-state index >= 15 is 0 Å². The topological polar surface area (TPSA) is 75.3 Å². The molecule has 6 nitrogen and oxygen atoms in total. The van der Waals surface area contributed by atoms with Gasteiger partial charge in [0.05, 0.1) is 24.1 Å². The number of amides is 1. The highest BCUT2D eigenvalue weighted by Crippen LogP contribution is 2.19. The minimum atomic E-state index is -0.203. The van der Waals surface area contributed by atoms with E-state index in [-0.39, 0.29) is 18.0 Å². The number of rotatable bonds is 7. The molecule has 0 radical (unpaired) electrons. The first-order valence-corrected chi connectivity index (χ1v) is 9.29. The highest BCUT2D eigenvalue weighted by Gasteiger charge is 2.12. The lowest BCUT2D eigenvalue weighted by Crippen LogP contribution is -2.30. The number of carbonyl (C=O) groups is 1. The van der Waals surface area contributed by atoms with Crippen molar-refractivity contribution in [1.82, 2.24) is 14.9 Å². The number of benzene rings is 2. The fourth-order valence-electron chi connectivity index (χ4n) is 2.91. The van der Waals surface area contributed by atoms with Crippen molar-refractivity contribution in [3.8, 4) is 5.75 Å². The molecule has 1 heterocycles. The predicted molar refractivity (Wildman–Crippen MR) is 110 cm³/mol. The Bertz CT molecular complexity index is 1060. The van der Waals surface area contributed by atoms with Crippen LogP contribution >= 0.6 is 0 Å². The second kappa shape index (κ2) is 8.99. The first-order valence-electron chi connectivity index (χ1n) is 9.29. The summed E-state index contributed by atoms with van der Waals surface area (Å²) < 4.78 is 5.58. The highest BCUT2D eigenvalue weighted by atomic mass is 16.5. The van der Waals surface area contributed by atoms with Crippen LogP contribution in [0.3, 0.4) is 0 Å². The van der Waals surface area contributed by atoms with Crippen LogP contribution in [0.2, 0.25) is 0 Å². The largest absolute Gasteiger partial charge is 0.493 e. The van der Waals surface area contributed by atoms with Gasteiger partial charge in [0.1, 0.15) is 11.6 Å². The average molecular weight is 377 g/mol. The summed E-state index contributed by atoms with van der Waals surface area (Å²) in [5.41, 5.74) is 1.25. The van der Waals surface area contributed by atoms with Gasteiger partial charge in [-0.3, -0.25) is 9.59 Å². The SMILES string of the molecule is CCOc1ccccc1C=CC(=O)N(CC)Cc1nc2ccccc2c(=O)[nH]1. The maximum atomic E-state index is 12.6. The molecule has 0 aliphatic carbocycles. The Kier molecular flexibility index (Phi) is 6.22. The van der Waals surface area contributed by atoms with E-state index in [0.29, 0.717) is 29.9 Å². The number of likely N-dealkylation sites (N-methyl/N-ethyl adjacent to an activating group) is 1. The summed E-state index contributed by atoms with van der Waals surface area (Å²) in [4.78, 5) is 33.7. The van der Waals surface area contributed by atoms with Gasteiger partial charge < -0.3 is 14.6 Å². The van der Waals surface area contributed by atoms with E-state index in [0.717, 1.165) is 11.3 Å². The normalized spacial score (nSPS) is 11.1. The third-order valence-electron chi connectivity index (χ3n) is 4.32. The number of aromatic nitrogens is 2. The number of nitrogens with zero attached hydrogens (tertiary/aromatic N) is 2. The molecule has 1 aromatic heterocycles. The molecule has 28 heavy (non-hydrogen) atoms.